The minimum absolute atomic E-state index is 0.0727. The summed E-state index contributed by atoms with van der Waals surface area (Å²) in [5, 5.41) is 2.08. The zero-order valence-corrected chi connectivity index (χ0v) is 17.8. The van der Waals surface area contributed by atoms with Crippen molar-refractivity contribution in [2.24, 2.45) is 13.0 Å². The van der Waals surface area contributed by atoms with E-state index in [4.69, 9.17) is 4.98 Å². The molecule has 30 heavy (non-hydrogen) atoms. The fourth-order valence-corrected chi connectivity index (χ4v) is 5.94. The highest BCUT2D eigenvalue weighted by Crippen LogP contribution is 2.39. The summed E-state index contributed by atoms with van der Waals surface area (Å²) in [4.78, 5) is 29.5. The second kappa shape index (κ2) is 6.50. The Hall–Kier alpha value is -3.00. The Morgan fingerprint density at radius 2 is 2.03 bits per heavy atom. The zero-order valence-electron chi connectivity index (χ0n) is 16.9. The second-order valence-corrected chi connectivity index (χ2v) is 9.30. The number of thiophene rings is 1. The molecule has 4 aromatic heterocycles. The van der Waals surface area contributed by atoms with Gasteiger partial charge in [-0.05, 0) is 42.8 Å². The van der Waals surface area contributed by atoms with Crippen LogP contribution in [-0.4, -0.2) is 37.2 Å². The molecule has 7 nitrogen and oxygen atoms in total. The van der Waals surface area contributed by atoms with E-state index in [0.717, 1.165) is 59.4 Å². The third-order valence-corrected chi connectivity index (χ3v) is 7.26. The number of nitrogens with zero attached hydrogens (tertiary/aromatic N) is 6. The van der Waals surface area contributed by atoms with E-state index in [1.807, 2.05) is 35.4 Å². The van der Waals surface area contributed by atoms with E-state index in [9.17, 15) is 4.79 Å². The quantitative estimate of drug-likeness (QED) is 0.500. The maximum absolute atomic E-state index is 13.3. The highest BCUT2D eigenvalue weighted by atomic mass is 32.1. The maximum Gasteiger partial charge on any atom is 0.261 e. The van der Waals surface area contributed by atoms with Crippen molar-refractivity contribution in [3.05, 3.63) is 57.8 Å². The molecule has 0 radical (unpaired) electrons. The Balaban J connectivity index is 1.40. The van der Waals surface area contributed by atoms with E-state index in [0.29, 0.717) is 17.4 Å². The average Bonchev–Trinajstić information content (AvgIpc) is 3.37. The molecule has 0 saturated carbocycles. The normalized spacial score (nSPS) is 20.5. The van der Waals surface area contributed by atoms with E-state index in [-0.39, 0.29) is 5.56 Å². The molecule has 2 bridgehead atoms. The lowest BCUT2D eigenvalue weighted by Gasteiger charge is -2.43. The first-order valence-corrected chi connectivity index (χ1v) is 11.1. The highest BCUT2D eigenvalue weighted by Gasteiger charge is 2.36. The lowest BCUT2D eigenvalue weighted by molar-refractivity contribution is 0.281. The van der Waals surface area contributed by atoms with Gasteiger partial charge in [0.1, 0.15) is 17.5 Å². The summed E-state index contributed by atoms with van der Waals surface area (Å²) in [6.45, 7) is 4.50. The van der Waals surface area contributed by atoms with E-state index < -0.39 is 0 Å². The smallest absolute Gasteiger partial charge is 0.261 e. The van der Waals surface area contributed by atoms with Crippen molar-refractivity contribution in [3.63, 3.8) is 0 Å². The van der Waals surface area contributed by atoms with Crippen molar-refractivity contribution >= 4 is 27.4 Å². The van der Waals surface area contributed by atoms with E-state index in [1.165, 1.54) is 0 Å². The number of rotatable bonds is 2. The van der Waals surface area contributed by atoms with E-state index in [2.05, 4.69) is 32.4 Å². The van der Waals surface area contributed by atoms with Gasteiger partial charge in [0.05, 0.1) is 15.8 Å². The topological polar surface area (TPSA) is 68.8 Å². The summed E-state index contributed by atoms with van der Waals surface area (Å²) in [6.07, 6.45) is 4.73. The number of fused-ring (bicyclic) bond motifs is 5. The molecule has 0 unspecified atom stereocenters. The summed E-state index contributed by atoms with van der Waals surface area (Å²) < 4.78 is 5.05. The molecule has 1 fully saturated rings. The van der Waals surface area contributed by atoms with Crippen LogP contribution >= 0.6 is 11.3 Å². The molecule has 2 atom stereocenters. The summed E-state index contributed by atoms with van der Waals surface area (Å²) in [6, 6.07) is 6.14. The Bertz CT molecular complexity index is 1340. The van der Waals surface area contributed by atoms with Crippen LogP contribution in [-0.2, 0) is 13.6 Å². The van der Waals surface area contributed by atoms with Gasteiger partial charge in [-0.2, -0.15) is 0 Å². The molecule has 152 valence electrons. The van der Waals surface area contributed by atoms with Gasteiger partial charge in [-0.25, -0.2) is 15.0 Å². The van der Waals surface area contributed by atoms with Crippen LogP contribution in [0.2, 0.25) is 0 Å². The Morgan fingerprint density at radius 3 is 2.87 bits per heavy atom. The number of piperidine rings is 1. The van der Waals surface area contributed by atoms with Crippen LogP contribution < -0.4 is 10.5 Å². The van der Waals surface area contributed by atoms with E-state index >= 15 is 0 Å². The van der Waals surface area contributed by atoms with Crippen molar-refractivity contribution < 1.29 is 0 Å². The lowest BCUT2D eigenvalue weighted by Crippen LogP contribution is -2.47. The molecule has 6 heterocycles. The molecule has 0 amide bonds. The van der Waals surface area contributed by atoms with Crippen molar-refractivity contribution in [1.29, 1.82) is 0 Å². The predicted octanol–water partition coefficient (Wildman–Crippen LogP) is 3.19. The number of hydrogen-bond acceptors (Lipinski definition) is 6. The van der Waals surface area contributed by atoms with Gasteiger partial charge >= 0.3 is 0 Å². The van der Waals surface area contributed by atoms with Gasteiger partial charge in [-0.1, -0.05) is 0 Å². The highest BCUT2D eigenvalue weighted by molar-refractivity contribution is 7.17. The van der Waals surface area contributed by atoms with Crippen LogP contribution in [0.3, 0.4) is 0 Å². The number of imidazole rings is 1. The fourth-order valence-electron chi connectivity index (χ4n) is 5.09. The minimum Gasteiger partial charge on any atom is -0.354 e. The van der Waals surface area contributed by atoms with Gasteiger partial charge in [0.15, 0.2) is 0 Å². The summed E-state index contributed by atoms with van der Waals surface area (Å²) in [5.74, 6) is 3.33. The molecule has 6 rings (SSSR count). The fraction of sp³-hybridized carbons (Fsp3) is 0.364. The Labute approximate surface area is 177 Å². The first kappa shape index (κ1) is 17.8. The van der Waals surface area contributed by atoms with Crippen LogP contribution in [0.25, 0.3) is 21.6 Å². The molecule has 0 aliphatic carbocycles. The standard InChI is InChI=1S/C22H22N6OS/c1-13-24-17-5-8-30-19(17)21(25-13)27-10-14-9-15(12-27)18-4-3-16(22(29)28(18)11-14)20-23-6-7-26(20)2/h3-8,14-15H,9-12H2,1-2H3/t14-,15+/m0/s1. The average molecular weight is 419 g/mol. The maximum atomic E-state index is 13.3. The molecule has 8 heteroatoms. The van der Waals surface area contributed by atoms with Crippen LogP contribution in [0.5, 0.6) is 0 Å². The van der Waals surface area contributed by atoms with Gasteiger partial charge in [-0.3, -0.25) is 4.79 Å². The summed E-state index contributed by atoms with van der Waals surface area (Å²) in [7, 11) is 1.92. The zero-order chi connectivity index (χ0) is 20.4. The molecule has 4 aromatic rings. The van der Waals surface area contributed by atoms with Crippen molar-refractivity contribution in [2.45, 2.75) is 25.8 Å². The van der Waals surface area contributed by atoms with Crippen LogP contribution in [0, 0.1) is 12.8 Å². The number of pyridine rings is 1. The summed E-state index contributed by atoms with van der Waals surface area (Å²) in [5.41, 5.74) is 2.90. The Kier molecular flexibility index (Phi) is 3.86. The molecular formula is C22H22N6OS. The SMILES string of the molecule is Cc1nc(N2C[C@@H]3C[C@H](C2)c2ccc(-c4nccn4C)c(=O)n2C3)c2sccc2n1. The van der Waals surface area contributed by atoms with Crippen molar-refractivity contribution in [2.75, 3.05) is 18.0 Å². The van der Waals surface area contributed by atoms with Crippen LogP contribution in [0.15, 0.2) is 40.8 Å². The van der Waals surface area contributed by atoms with Crippen LogP contribution in [0.4, 0.5) is 5.82 Å². The summed E-state index contributed by atoms with van der Waals surface area (Å²) >= 11 is 1.70. The number of anilines is 1. The molecule has 2 aliphatic rings. The third-order valence-electron chi connectivity index (χ3n) is 6.36. The molecule has 1 saturated heterocycles. The second-order valence-electron chi connectivity index (χ2n) is 8.38. The third kappa shape index (κ3) is 2.63. The number of aromatic nitrogens is 5. The van der Waals surface area contributed by atoms with Gasteiger partial charge in [0.25, 0.3) is 5.56 Å². The minimum atomic E-state index is 0.0727. The molecule has 0 spiro atoms. The lowest BCUT2D eigenvalue weighted by atomic mass is 9.83. The van der Waals surface area contributed by atoms with Crippen LogP contribution in [0.1, 0.15) is 23.9 Å². The number of hydrogen-bond donors (Lipinski definition) is 0. The first-order valence-electron chi connectivity index (χ1n) is 10.3. The number of aryl methyl sites for hydroxylation is 2. The monoisotopic (exact) mass is 418 g/mol. The first-order chi connectivity index (χ1) is 14.6. The predicted molar refractivity (Wildman–Crippen MR) is 118 cm³/mol. The molecular weight excluding hydrogens is 396 g/mol. The Morgan fingerprint density at radius 1 is 1.13 bits per heavy atom. The molecule has 0 aromatic carbocycles. The largest absolute Gasteiger partial charge is 0.354 e. The molecule has 0 N–H and O–H groups in total. The molecule has 2 aliphatic heterocycles. The van der Waals surface area contributed by atoms with Gasteiger partial charge in [0.2, 0.25) is 0 Å². The van der Waals surface area contributed by atoms with E-state index in [1.54, 1.807) is 17.5 Å². The van der Waals surface area contributed by atoms with Crippen molar-refractivity contribution in [1.82, 2.24) is 24.1 Å². The van der Waals surface area contributed by atoms with Gasteiger partial charge in [-0.15, -0.1) is 11.3 Å². The van der Waals surface area contributed by atoms with Gasteiger partial charge < -0.3 is 14.0 Å². The van der Waals surface area contributed by atoms with Gasteiger partial charge in [0, 0.05) is 50.7 Å². The van der Waals surface area contributed by atoms with Crippen molar-refractivity contribution in [3.8, 4) is 11.4 Å².